The number of hydrogen-bond acceptors (Lipinski definition) is 3. The number of aromatic nitrogens is 1. The first kappa shape index (κ1) is 12.2. The van der Waals surface area contributed by atoms with Crippen LogP contribution in [0.2, 0.25) is 0 Å². The molecule has 0 bridgehead atoms. The smallest absolute Gasteiger partial charge is 0.255 e. The lowest BCUT2D eigenvalue weighted by atomic mass is 9.92. The van der Waals surface area contributed by atoms with Crippen molar-refractivity contribution in [2.75, 3.05) is 0 Å². The summed E-state index contributed by atoms with van der Waals surface area (Å²) in [5.41, 5.74) is 5.65. The van der Waals surface area contributed by atoms with E-state index in [0.29, 0.717) is 5.39 Å². The first-order chi connectivity index (χ1) is 9.16. The summed E-state index contributed by atoms with van der Waals surface area (Å²) >= 11 is 0. The summed E-state index contributed by atoms with van der Waals surface area (Å²) in [6.07, 6.45) is 6.89. The molecule has 0 aliphatic heterocycles. The number of nitrogens with two attached hydrogens (primary N) is 1. The molecular weight excluding hydrogens is 240 g/mol. The number of H-pyrrole nitrogens is 1. The van der Waals surface area contributed by atoms with Crippen LogP contribution < -0.4 is 16.0 Å². The van der Waals surface area contributed by atoms with Crippen molar-refractivity contribution in [3.05, 3.63) is 40.8 Å². The standard InChI is InChI=1S/C15H18N2O2/c16-15(7-2-1-3-8-15)19-12-4-5-13-11(10-12)6-9-17-14(13)18/h4-6,9-10H,1-3,7-8,16H2,(H,17,18). The van der Waals surface area contributed by atoms with Crippen molar-refractivity contribution in [2.45, 2.75) is 37.8 Å². The molecule has 1 fully saturated rings. The molecule has 19 heavy (non-hydrogen) atoms. The molecule has 2 aromatic rings. The van der Waals surface area contributed by atoms with Gasteiger partial charge in [0.15, 0.2) is 5.72 Å². The average molecular weight is 258 g/mol. The van der Waals surface area contributed by atoms with Crippen LogP contribution in [0.3, 0.4) is 0 Å². The van der Waals surface area contributed by atoms with Gasteiger partial charge >= 0.3 is 0 Å². The molecule has 1 aromatic heterocycles. The monoisotopic (exact) mass is 258 g/mol. The van der Waals surface area contributed by atoms with Crippen molar-refractivity contribution in [1.29, 1.82) is 0 Å². The Morgan fingerprint density at radius 1 is 1.16 bits per heavy atom. The molecule has 0 atom stereocenters. The summed E-state index contributed by atoms with van der Waals surface area (Å²) in [5, 5.41) is 1.55. The molecule has 0 saturated heterocycles. The van der Waals surface area contributed by atoms with Gasteiger partial charge in [-0.25, -0.2) is 0 Å². The summed E-state index contributed by atoms with van der Waals surface area (Å²) in [6.45, 7) is 0. The van der Waals surface area contributed by atoms with Gasteiger partial charge in [-0.15, -0.1) is 0 Å². The molecule has 0 unspecified atom stereocenters. The molecule has 1 aliphatic carbocycles. The summed E-state index contributed by atoms with van der Waals surface area (Å²) in [6, 6.07) is 7.36. The van der Waals surface area contributed by atoms with Crippen LogP contribution in [-0.2, 0) is 0 Å². The van der Waals surface area contributed by atoms with Crippen molar-refractivity contribution in [2.24, 2.45) is 5.73 Å². The van der Waals surface area contributed by atoms with E-state index in [9.17, 15) is 4.79 Å². The molecule has 1 saturated carbocycles. The largest absolute Gasteiger partial charge is 0.473 e. The van der Waals surface area contributed by atoms with Crippen molar-refractivity contribution in [1.82, 2.24) is 4.98 Å². The van der Waals surface area contributed by atoms with Crippen LogP contribution in [0.1, 0.15) is 32.1 Å². The number of aromatic amines is 1. The van der Waals surface area contributed by atoms with Crippen LogP contribution in [0.15, 0.2) is 35.3 Å². The molecule has 4 nitrogen and oxygen atoms in total. The zero-order valence-electron chi connectivity index (χ0n) is 10.8. The first-order valence-electron chi connectivity index (χ1n) is 6.76. The number of pyridine rings is 1. The van der Waals surface area contributed by atoms with Crippen LogP contribution in [0.4, 0.5) is 0 Å². The number of rotatable bonds is 2. The van der Waals surface area contributed by atoms with Crippen molar-refractivity contribution < 1.29 is 4.74 Å². The van der Waals surface area contributed by atoms with Crippen molar-refractivity contribution >= 4 is 10.8 Å². The topological polar surface area (TPSA) is 68.1 Å². The Morgan fingerprint density at radius 3 is 2.74 bits per heavy atom. The lowest BCUT2D eigenvalue weighted by molar-refractivity contribution is 0.0366. The van der Waals surface area contributed by atoms with Gasteiger partial charge in [0.05, 0.1) is 0 Å². The number of hydrogen-bond donors (Lipinski definition) is 2. The molecular formula is C15H18N2O2. The maximum Gasteiger partial charge on any atom is 0.255 e. The van der Waals surface area contributed by atoms with E-state index in [1.807, 2.05) is 18.2 Å². The first-order valence-corrected chi connectivity index (χ1v) is 6.76. The molecule has 0 amide bonds. The molecule has 0 radical (unpaired) electrons. The Labute approximate surface area is 111 Å². The van der Waals surface area contributed by atoms with Crippen LogP contribution in [0, 0.1) is 0 Å². The quantitative estimate of drug-likeness (QED) is 0.813. The lowest BCUT2D eigenvalue weighted by Crippen LogP contribution is -2.47. The third-order valence-corrected chi connectivity index (χ3v) is 3.77. The second kappa shape index (κ2) is 4.70. The minimum Gasteiger partial charge on any atom is -0.473 e. The number of fused-ring (bicyclic) bond motifs is 1. The second-order valence-electron chi connectivity index (χ2n) is 5.28. The van der Waals surface area contributed by atoms with E-state index in [4.69, 9.17) is 10.5 Å². The molecule has 1 aromatic carbocycles. The maximum atomic E-state index is 11.6. The Morgan fingerprint density at radius 2 is 1.95 bits per heavy atom. The van der Waals surface area contributed by atoms with E-state index in [2.05, 4.69) is 4.98 Å². The van der Waals surface area contributed by atoms with E-state index in [-0.39, 0.29) is 5.56 Å². The minimum atomic E-state index is -0.548. The van der Waals surface area contributed by atoms with Gasteiger partial charge in [-0.05, 0) is 42.5 Å². The van der Waals surface area contributed by atoms with Gasteiger partial charge in [-0.3, -0.25) is 10.5 Å². The van der Waals surface area contributed by atoms with E-state index >= 15 is 0 Å². The van der Waals surface area contributed by atoms with Gasteiger partial charge in [-0.1, -0.05) is 6.42 Å². The Balaban J connectivity index is 1.91. The Hall–Kier alpha value is -1.81. The molecule has 100 valence electrons. The Bertz CT molecular complexity index is 642. The highest BCUT2D eigenvalue weighted by molar-refractivity contribution is 5.82. The van der Waals surface area contributed by atoms with Gasteiger partial charge in [0.25, 0.3) is 5.56 Å². The van der Waals surface area contributed by atoms with E-state index in [0.717, 1.165) is 36.8 Å². The number of ether oxygens (including phenoxy) is 1. The van der Waals surface area contributed by atoms with E-state index < -0.39 is 5.72 Å². The van der Waals surface area contributed by atoms with Crippen LogP contribution in [-0.4, -0.2) is 10.7 Å². The van der Waals surface area contributed by atoms with Gasteiger partial charge in [0.1, 0.15) is 5.75 Å². The SMILES string of the molecule is NC1(Oc2ccc3c(=O)[nH]ccc3c2)CCCCC1. The molecule has 0 spiro atoms. The molecule has 3 N–H and O–H groups in total. The lowest BCUT2D eigenvalue weighted by Gasteiger charge is -2.33. The minimum absolute atomic E-state index is 0.0795. The molecule has 1 heterocycles. The summed E-state index contributed by atoms with van der Waals surface area (Å²) in [4.78, 5) is 14.3. The Kier molecular flexibility index (Phi) is 3.03. The predicted octanol–water partition coefficient (Wildman–Crippen LogP) is 2.53. The van der Waals surface area contributed by atoms with Crippen molar-refractivity contribution in [3.8, 4) is 5.75 Å². The molecule has 1 aliphatic rings. The fraction of sp³-hybridized carbons (Fsp3) is 0.400. The number of benzene rings is 1. The summed E-state index contributed by atoms with van der Waals surface area (Å²) in [7, 11) is 0. The van der Waals surface area contributed by atoms with Gasteiger partial charge in [0, 0.05) is 24.4 Å². The van der Waals surface area contributed by atoms with Crippen LogP contribution in [0.25, 0.3) is 10.8 Å². The zero-order chi connectivity index (χ0) is 13.3. The summed E-state index contributed by atoms with van der Waals surface area (Å²) < 4.78 is 5.96. The molecule has 3 rings (SSSR count). The maximum absolute atomic E-state index is 11.6. The normalized spacial score (nSPS) is 18.4. The fourth-order valence-corrected chi connectivity index (χ4v) is 2.72. The predicted molar refractivity (Wildman–Crippen MR) is 75.2 cm³/mol. The van der Waals surface area contributed by atoms with Crippen molar-refractivity contribution in [3.63, 3.8) is 0 Å². The summed E-state index contributed by atoms with van der Waals surface area (Å²) in [5.74, 6) is 0.738. The second-order valence-corrected chi connectivity index (χ2v) is 5.28. The zero-order valence-corrected chi connectivity index (χ0v) is 10.8. The van der Waals surface area contributed by atoms with Gasteiger partial charge < -0.3 is 9.72 Å². The molecule has 4 heteroatoms. The van der Waals surface area contributed by atoms with Gasteiger partial charge in [-0.2, -0.15) is 0 Å². The fourth-order valence-electron chi connectivity index (χ4n) is 2.72. The number of nitrogens with one attached hydrogen (secondary N) is 1. The highest BCUT2D eigenvalue weighted by Crippen LogP contribution is 2.29. The van der Waals surface area contributed by atoms with Crippen LogP contribution in [0.5, 0.6) is 5.75 Å². The van der Waals surface area contributed by atoms with E-state index in [1.165, 1.54) is 6.42 Å². The van der Waals surface area contributed by atoms with E-state index in [1.54, 1.807) is 12.3 Å². The van der Waals surface area contributed by atoms with Gasteiger partial charge in [0.2, 0.25) is 0 Å². The highest BCUT2D eigenvalue weighted by Gasteiger charge is 2.29. The average Bonchev–Trinajstić information content (AvgIpc) is 2.39. The third-order valence-electron chi connectivity index (χ3n) is 3.77. The third kappa shape index (κ3) is 2.49. The van der Waals surface area contributed by atoms with Crippen LogP contribution >= 0.6 is 0 Å². The highest BCUT2D eigenvalue weighted by atomic mass is 16.5.